The van der Waals surface area contributed by atoms with Gasteiger partial charge in [-0.15, -0.1) is 0 Å². The summed E-state index contributed by atoms with van der Waals surface area (Å²) in [6.45, 7) is 3.63. The molecule has 0 fully saturated rings. The van der Waals surface area contributed by atoms with Crippen LogP contribution in [0.25, 0.3) is 21.7 Å². The van der Waals surface area contributed by atoms with E-state index in [0.29, 0.717) is 33.8 Å². The Balaban J connectivity index is 1.66. The molecule has 3 aromatic carbocycles. The van der Waals surface area contributed by atoms with Gasteiger partial charge in [-0.2, -0.15) is 0 Å². The summed E-state index contributed by atoms with van der Waals surface area (Å²) in [6, 6.07) is 12.0. The van der Waals surface area contributed by atoms with Gasteiger partial charge in [-0.1, -0.05) is 6.07 Å². The molecule has 0 bridgehead atoms. The number of hydrogen-bond donors (Lipinski definition) is 0. The molecule has 8 nitrogen and oxygen atoms in total. The summed E-state index contributed by atoms with van der Waals surface area (Å²) in [6.07, 6.45) is 0. The molecule has 0 saturated carbocycles. The number of carbonyl (C=O) groups is 1. The van der Waals surface area contributed by atoms with Crippen LogP contribution in [0.5, 0.6) is 28.7 Å². The normalized spacial score (nSPS) is 10.9. The smallest absolute Gasteiger partial charge is 0.349 e. The molecular formula is C26H24O8. The summed E-state index contributed by atoms with van der Waals surface area (Å²) < 4.78 is 32.8. The predicted molar refractivity (Wildman–Crippen MR) is 127 cm³/mol. The number of rotatable bonds is 7. The fraction of sp³-hybridized carbons (Fsp3) is 0.231. The highest BCUT2D eigenvalue weighted by molar-refractivity contribution is 6.10. The Morgan fingerprint density at radius 1 is 0.824 bits per heavy atom. The second-order valence-electron chi connectivity index (χ2n) is 7.70. The van der Waals surface area contributed by atoms with Crippen molar-refractivity contribution in [3.05, 3.63) is 64.0 Å². The van der Waals surface area contributed by atoms with Gasteiger partial charge < -0.3 is 28.1 Å². The van der Waals surface area contributed by atoms with Gasteiger partial charge in [0.25, 0.3) is 0 Å². The molecule has 0 unspecified atom stereocenters. The van der Waals surface area contributed by atoms with Crippen molar-refractivity contribution >= 4 is 27.7 Å². The summed E-state index contributed by atoms with van der Waals surface area (Å²) in [5.41, 5.74) is 1.70. The molecule has 0 atom stereocenters. The Labute approximate surface area is 195 Å². The maximum atomic E-state index is 12.7. The average molecular weight is 464 g/mol. The SMILES string of the molecule is COc1cc2c(=O)oc3cc(OC(=O)COc4cc(C)cc(C)c4)ccc3c2c(OC)c1OC. The molecule has 0 N–H and O–H groups in total. The third-order valence-electron chi connectivity index (χ3n) is 5.26. The molecule has 4 rings (SSSR count). The number of hydrogen-bond acceptors (Lipinski definition) is 8. The molecular weight excluding hydrogens is 440 g/mol. The second-order valence-corrected chi connectivity index (χ2v) is 7.70. The van der Waals surface area contributed by atoms with Crippen LogP contribution in [0.4, 0.5) is 0 Å². The molecule has 0 amide bonds. The van der Waals surface area contributed by atoms with Crippen LogP contribution in [0.2, 0.25) is 0 Å². The predicted octanol–water partition coefficient (Wildman–Crippen LogP) is 4.57. The first-order valence-electron chi connectivity index (χ1n) is 10.5. The highest BCUT2D eigenvalue weighted by Crippen LogP contribution is 2.45. The number of carbonyl (C=O) groups excluding carboxylic acids is 1. The lowest BCUT2D eigenvalue weighted by Crippen LogP contribution is -2.17. The number of ether oxygens (including phenoxy) is 5. The zero-order chi connectivity index (χ0) is 24.4. The molecule has 1 aromatic heterocycles. The quantitative estimate of drug-likeness (QED) is 0.170. The lowest BCUT2D eigenvalue weighted by Gasteiger charge is -2.15. The van der Waals surface area contributed by atoms with Crippen molar-refractivity contribution in [1.82, 2.24) is 0 Å². The van der Waals surface area contributed by atoms with Crippen molar-refractivity contribution in [2.45, 2.75) is 13.8 Å². The molecule has 0 radical (unpaired) electrons. The van der Waals surface area contributed by atoms with Gasteiger partial charge in [-0.05, 0) is 55.3 Å². The first-order chi connectivity index (χ1) is 16.3. The minimum atomic E-state index is -0.594. The van der Waals surface area contributed by atoms with Crippen LogP contribution in [-0.2, 0) is 4.79 Å². The summed E-state index contributed by atoms with van der Waals surface area (Å²) in [7, 11) is 4.43. The van der Waals surface area contributed by atoms with E-state index in [1.165, 1.54) is 27.4 Å². The van der Waals surface area contributed by atoms with E-state index in [1.807, 2.05) is 32.0 Å². The maximum Gasteiger partial charge on any atom is 0.349 e. The van der Waals surface area contributed by atoms with Crippen LogP contribution < -0.4 is 29.3 Å². The summed E-state index contributed by atoms with van der Waals surface area (Å²) in [5.74, 6) is 1.23. The van der Waals surface area contributed by atoms with Gasteiger partial charge in [0, 0.05) is 16.8 Å². The number of methoxy groups -OCH3 is 3. The standard InChI is InChI=1S/C26H24O8/c1-14-8-15(2)10-17(9-14)32-13-22(27)33-16-6-7-18-20(11-16)34-26(28)19-12-21(29-3)24(30-4)25(31-5)23(18)19/h6-12H,13H2,1-5H3. The highest BCUT2D eigenvalue weighted by Gasteiger charge is 2.21. The maximum absolute atomic E-state index is 12.7. The van der Waals surface area contributed by atoms with Crippen molar-refractivity contribution in [3.8, 4) is 28.7 Å². The van der Waals surface area contributed by atoms with Gasteiger partial charge in [-0.25, -0.2) is 9.59 Å². The third kappa shape index (κ3) is 4.34. The molecule has 0 aliphatic rings. The van der Waals surface area contributed by atoms with E-state index in [0.717, 1.165) is 11.1 Å². The van der Waals surface area contributed by atoms with Gasteiger partial charge >= 0.3 is 11.6 Å². The minimum absolute atomic E-state index is 0.212. The number of esters is 1. The molecule has 4 aromatic rings. The first kappa shape index (κ1) is 23.0. The molecule has 0 saturated heterocycles. The van der Waals surface area contributed by atoms with Crippen LogP contribution in [0.1, 0.15) is 11.1 Å². The Kier molecular flexibility index (Phi) is 6.32. The van der Waals surface area contributed by atoms with Crippen molar-refractivity contribution in [3.63, 3.8) is 0 Å². The van der Waals surface area contributed by atoms with E-state index in [4.69, 9.17) is 28.1 Å². The molecule has 0 aliphatic heterocycles. The minimum Gasteiger partial charge on any atom is -0.493 e. The van der Waals surface area contributed by atoms with E-state index in [-0.39, 0.29) is 23.3 Å². The fourth-order valence-electron chi connectivity index (χ4n) is 3.92. The second kappa shape index (κ2) is 9.35. The summed E-state index contributed by atoms with van der Waals surface area (Å²) >= 11 is 0. The molecule has 34 heavy (non-hydrogen) atoms. The fourth-order valence-corrected chi connectivity index (χ4v) is 3.92. The first-order valence-corrected chi connectivity index (χ1v) is 10.5. The lowest BCUT2D eigenvalue weighted by atomic mass is 10.0. The number of fused-ring (bicyclic) bond motifs is 3. The molecule has 176 valence electrons. The molecule has 0 aliphatic carbocycles. The third-order valence-corrected chi connectivity index (χ3v) is 5.26. The van der Waals surface area contributed by atoms with Crippen LogP contribution in [0, 0.1) is 13.8 Å². The van der Waals surface area contributed by atoms with Gasteiger partial charge in [0.05, 0.1) is 26.7 Å². The van der Waals surface area contributed by atoms with Crippen molar-refractivity contribution < 1.29 is 32.9 Å². The van der Waals surface area contributed by atoms with E-state index >= 15 is 0 Å². The van der Waals surface area contributed by atoms with Crippen LogP contribution >= 0.6 is 0 Å². The van der Waals surface area contributed by atoms with Gasteiger partial charge in [-0.3, -0.25) is 0 Å². The van der Waals surface area contributed by atoms with E-state index in [2.05, 4.69) is 0 Å². The van der Waals surface area contributed by atoms with E-state index in [9.17, 15) is 9.59 Å². The monoisotopic (exact) mass is 464 g/mol. The Morgan fingerprint density at radius 3 is 2.18 bits per heavy atom. The summed E-state index contributed by atoms with van der Waals surface area (Å²) in [5, 5.41) is 1.36. The molecule has 8 heteroatoms. The van der Waals surface area contributed by atoms with E-state index < -0.39 is 11.6 Å². The van der Waals surface area contributed by atoms with Crippen molar-refractivity contribution in [1.29, 1.82) is 0 Å². The summed E-state index contributed by atoms with van der Waals surface area (Å²) in [4.78, 5) is 25.1. The highest BCUT2D eigenvalue weighted by atomic mass is 16.6. The average Bonchev–Trinajstić information content (AvgIpc) is 2.80. The van der Waals surface area contributed by atoms with Gasteiger partial charge in [0.2, 0.25) is 5.75 Å². The lowest BCUT2D eigenvalue weighted by molar-refractivity contribution is -0.136. The van der Waals surface area contributed by atoms with Crippen LogP contribution in [-0.4, -0.2) is 33.9 Å². The topological polar surface area (TPSA) is 93.4 Å². The van der Waals surface area contributed by atoms with Crippen molar-refractivity contribution in [2.75, 3.05) is 27.9 Å². The van der Waals surface area contributed by atoms with Gasteiger partial charge in [0.1, 0.15) is 17.1 Å². The zero-order valence-corrected chi connectivity index (χ0v) is 19.5. The largest absolute Gasteiger partial charge is 0.493 e. The molecule has 0 spiro atoms. The van der Waals surface area contributed by atoms with Crippen LogP contribution in [0.15, 0.2) is 51.7 Å². The molecule has 1 heterocycles. The van der Waals surface area contributed by atoms with Gasteiger partial charge in [0.15, 0.2) is 18.1 Å². The number of aryl methyl sites for hydroxylation is 2. The van der Waals surface area contributed by atoms with Crippen LogP contribution in [0.3, 0.4) is 0 Å². The Morgan fingerprint density at radius 2 is 1.53 bits per heavy atom. The van der Waals surface area contributed by atoms with Crippen molar-refractivity contribution in [2.24, 2.45) is 0 Å². The Bertz CT molecular complexity index is 1430. The Hall–Kier alpha value is -4.20. The van der Waals surface area contributed by atoms with E-state index in [1.54, 1.807) is 18.2 Å². The number of benzene rings is 3. The zero-order valence-electron chi connectivity index (χ0n) is 19.5.